The number of thiophene rings is 1. The van der Waals surface area contributed by atoms with Crippen LogP contribution < -0.4 is 0 Å². The summed E-state index contributed by atoms with van der Waals surface area (Å²) in [4.78, 5) is 29.2. The van der Waals surface area contributed by atoms with Crippen LogP contribution in [-0.2, 0) is 4.79 Å². The van der Waals surface area contributed by atoms with Crippen molar-refractivity contribution >= 4 is 34.6 Å². The molecular formula is C17H25ClN2O2S. The lowest BCUT2D eigenvalue weighted by molar-refractivity contribution is -0.132. The fraction of sp³-hybridized carbons (Fsp3) is 0.647. The van der Waals surface area contributed by atoms with Crippen LogP contribution in [0.5, 0.6) is 0 Å². The molecule has 1 aliphatic heterocycles. The second kappa shape index (κ2) is 8.81. The molecule has 0 aromatic carbocycles. The maximum absolute atomic E-state index is 12.2. The number of amides is 1. The fourth-order valence-electron chi connectivity index (χ4n) is 2.63. The first-order chi connectivity index (χ1) is 11.0. The fourth-order valence-corrected chi connectivity index (χ4v) is 3.64. The van der Waals surface area contributed by atoms with E-state index in [0.717, 1.165) is 32.7 Å². The van der Waals surface area contributed by atoms with E-state index >= 15 is 0 Å². The number of nitrogens with zero attached hydrogens (tertiary/aromatic N) is 2. The van der Waals surface area contributed by atoms with Gasteiger partial charge in [-0.25, -0.2) is 0 Å². The molecule has 1 aliphatic rings. The number of hydrogen-bond acceptors (Lipinski definition) is 4. The van der Waals surface area contributed by atoms with Gasteiger partial charge in [-0.3, -0.25) is 14.5 Å². The molecule has 6 heteroatoms. The van der Waals surface area contributed by atoms with Gasteiger partial charge in [-0.15, -0.1) is 11.3 Å². The Balaban J connectivity index is 1.70. The minimum absolute atomic E-state index is 0.00539. The van der Waals surface area contributed by atoms with Crippen LogP contribution in [0.25, 0.3) is 0 Å². The highest BCUT2D eigenvalue weighted by atomic mass is 35.5. The van der Waals surface area contributed by atoms with Crippen molar-refractivity contribution < 1.29 is 9.59 Å². The van der Waals surface area contributed by atoms with E-state index in [1.807, 2.05) is 4.90 Å². The third-order valence-electron chi connectivity index (χ3n) is 4.16. The van der Waals surface area contributed by atoms with E-state index in [0.29, 0.717) is 21.6 Å². The van der Waals surface area contributed by atoms with Crippen molar-refractivity contribution in [3.63, 3.8) is 0 Å². The summed E-state index contributed by atoms with van der Waals surface area (Å²) in [5.74, 6) is 0.807. The zero-order valence-electron chi connectivity index (χ0n) is 13.9. The van der Waals surface area contributed by atoms with Crippen molar-refractivity contribution in [2.45, 2.75) is 33.1 Å². The second-order valence-corrected chi connectivity index (χ2v) is 8.15. The number of Topliss-reactive ketones (excluding diaryl/α,β-unsaturated/α-hetero) is 1. The van der Waals surface area contributed by atoms with Crippen LogP contribution in [0.1, 0.15) is 42.8 Å². The van der Waals surface area contributed by atoms with Crippen LogP contribution in [-0.4, -0.2) is 54.2 Å². The van der Waals surface area contributed by atoms with Crippen LogP contribution >= 0.6 is 22.9 Å². The molecule has 1 amide bonds. The molecule has 0 radical (unpaired) electrons. The van der Waals surface area contributed by atoms with Gasteiger partial charge in [-0.05, 0) is 31.0 Å². The minimum Gasteiger partial charge on any atom is -0.340 e. The van der Waals surface area contributed by atoms with Gasteiger partial charge >= 0.3 is 0 Å². The summed E-state index contributed by atoms with van der Waals surface area (Å²) < 4.78 is 0.609. The molecule has 0 spiro atoms. The van der Waals surface area contributed by atoms with E-state index in [1.54, 1.807) is 12.1 Å². The van der Waals surface area contributed by atoms with E-state index in [1.165, 1.54) is 17.8 Å². The molecule has 4 nitrogen and oxygen atoms in total. The highest BCUT2D eigenvalue weighted by Gasteiger charge is 2.21. The van der Waals surface area contributed by atoms with Gasteiger partial charge in [0.25, 0.3) is 0 Å². The first kappa shape index (κ1) is 18.4. The van der Waals surface area contributed by atoms with Gasteiger partial charge in [0.2, 0.25) is 5.91 Å². The molecular weight excluding hydrogens is 332 g/mol. The molecule has 23 heavy (non-hydrogen) atoms. The summed E-state index contributed by atoms with van der Waals surface area (Å²) in [5.41, 5.74) is 0. The number of halogens is 1. The third kappa shape index (κ3) is 5.90. The zero-order chi connectivity index (χ0) is 16.8. The van der Waals surface area contributed by atoms with Crippen LogP contribution in [0.15, 0.2) is 12.1 Å². The molecule has 0 saturated carbocycles. The number of piperazine rings is 1. The Morgan fingerprint density at radius 2 is 1.87 bits per heavy atom. The van der Waals surface area contributed by atoms with Gasteiger partial charge in [0.05, 0.1) is 9.21 Å². The molecule has 2 rings (SSSR count). The Hall–Kier alpha value is -0.910. The zero-order valence-corrected chi connectivity index (χ0v) is 15.5. The minimum atomic E-state index is 0.00539. The van der Waals surface area contributed by atoms with Gasteiger partial charge in [-0.1, -0.05) is 25.4 Å². The molecule has 0 N–H and O–H groups in total. The Bertz CT molecular complexity index is 536. The summed E-state index contributed by atoms with van der Waals surface area (Å²) >= 11 is 7.11. The van der Waals surface area contributed by atoms with Crippen LogP contribution in [0.3, 0.4) is 0 Å². The van der Waals surface area contributed by atoms with Crippen molar-refractivity contribution in [3.05, 3.63) is 21.3 Å². The highest BCUT2D eigenvalue weighted by Crippen LogP contribution is 2.23. The molecule has 1 saturated heterocycles. The predicted octanol–water partition coefficient (Wildman–Crippen LogP) is 3.55. The molecule has 0 atom stereocenters. The summed E-state index contributed by atoms with van der Waals surface area (Å²) in [6.45, 7) is 9.00. The molecule has 128 valence electrons. The van der Waals surface area contributed by atoms with Gasteiger partial charge < -0.3 is 4.90 Å². The molecule has 0 aliphatic carbocycles. The molecule has 2 heterocycles. The van der Waals surface area contributed by atoms with E-state index in [2.05, 4.69) is 18.7 Å². The lowest BCUT2D eigenvalue weighted by Crippen LogP contribution is -2.49. The second-order valence-electron chi connectivity index (χ2n) is 6.43. The van der Waals surface area contributed by atoms with Crippen LogP contribution in [0.4, 0.5) is 0 Å². The highest BCUT2D eigenvalue weighted by molar-refractivity contribution is 7.18. The average Bonchev–Trinajstić information content (AvgIpc) is 2.97. The molecule has 1 aromatic rings. The standard InChI is InChI=1S/C17H25ClN2O2S/c1-13(2)7-8-19-9-11-20(12-10-19)17(22)6-3-14(21)15-4-5-16(18)23-15/h4-5,13H,3,6-12H2,1-2H3. The lowest BCUT2D eigenvalue weighted by atomic mass is 10.1. The lowest BCUT2D eigenvalue weighted by Gasteiger charge is -2.35. The van der Waals surface area contributed by atoms with Crippen molar-refractivity contribution in [1.82, 2.24) is 9.80 Å². The van der Waals surface area contributed by atoms with Crippen LogP contribution in [0.2, 0.25) is 4.34 Å². The monoisotopic (exact) mass is 356 g/mol. The van der Waals surface area contributed by atoms with E-state index in [-0.39, 0.29) is 18.1 Å². The summed E-state index contributed by atoms with van der Waals surface area (Å²) in [6, 6.07) is 3.45. The normalized spacial score (nSPS) is 16.1. The number of carbonyl (C=O) groups excluding carboxylic acids is 2. The number of hydrogen-bond donors (Lipinski definition) is 0. The number of rotatable bonds is 7. The van der Waals surface area contributed by atoms with Crippen molar-refractivity contribution in [3.8, 4) is 0 Å². The molecule has 0 unspecified atom stereocenters. The van der Waals surface area contributed by atoms with Crippen molar-refractivity contribution in [1.29, 1.82) is 0 Å². The van der Waals surface area contributed by atoms with Crippen molar-refractivity contribution in [2.75, 3.05) is 32.7 Å². The Morgan fingerprint density at radius 3 is 2.43 bits per heavy atom. The predicted molar refractivity (Wildman–Crippen MR) is 95.4 cm³/mol. The molecule has 1 fully saturated rings. The van der Waals surface area contributed by atoms with Gasteiger partial charge in [0, 0.05) is 39.0 Å². The quantitative estimate of drug-likeness (QED) is 0.701. The van der Waals surface area contributed by atoms with Crippen molar-refractivity contribution in [2.24, 2.45) is 5.92 Å². The molecule has 0 bridgehead atoms. The average molecular weight is 357 g/mol. The molecule has 1 aromatic heterocycles. The number of carbonyl (C=O) groups is 2. The maximum Gasteiger partial charge on any atom is 0.223 e. The van der Waals surface area contributed by atoms with Gasteiger partial charge in [0.15, 0.2) is 5.78 Å². The van der Waals surface area contributed by atoms with E-state index in [4.69, 9.17) is 11.6 Å². The largest absolute Gasteiger partial charge is 0.340 e. The first-order valence-electron chi connectivity index (χ1n) is 8.24. The van der Waals surface area contributed by atoms with Gasteiger partial charge in [0.1, 0.15) is 0 Å². The Morgan fingerprint density at radius 1 is 1.17 bits per heavy atom. The SMILES string of the molecule is CC(C)CCN1CCN(C(=O)CCC(=O)c2ccc(Cl)s2)CC1. The maximum atomic E-state index is 12.2. The topological polar surface area (TPSA) is 40.6 Å². The smallest absolute Gasteiger partial charge is 0.223 e. The summed E-state index contributed by atoms with van der Waals surface area (Å²) in [7, 11) is 0. The van der Waals surface area contributed by atoms with E-state index < -0.39 is 0 Å². The van der Waals surface area contributed by atoms with Crippen LogP contribution in [0, 0.1) is 5.92 Å². The van der Waals surface area contributed by atoms with E-state index in [9.17, 15) is 9.59 Å². The summed E-state index contributed by atoms with van der Waals surface area (Å²) in [5, 5.41) is 0. The Kier molecular flexibility index (Phi) is 7.06. The summed E-state index contributed by atoms with van der Waals surface area (Å²) in [6.07, 6.45) is 1.76. The Labute approximate surface area is 147 Å². The first-order valence-corrected chi connectivity index (χ1v) is 9.44. The third-order valence-corrected chi connectivity index (χ3v) is 5.43. The van der Waals surface area contributed by atoms with Gasteiger partial charge in [-0.2, -0.15) is 0 Å². The number of ketones is 1.